The van der Waals surface area contributed by atoms with Gasteiger partial charge in [-0.15, -0.1) is 11.3 Å². The van der Waals surface area contributed by atoms with Gasteiger partial charge < -0.3 is 29.5 Å². The number of nitrogens with one attached hydrogen (secondary N) is 1. The van der Waals surface area contributed by atoms with Crippen LogP contribution in [-0.4, -0.2) is 97.5 Å². The Labute approximate surface area is 246 Å². The van der Waals surface area contributed by atoms with E-state index in [1.165, 1.54) is 35.5 Å². The minimum atomic E-state index is -0.432. The number of amides is 3. The number of non-ortho nitro benzene ring substituents is 1. The van der Waals surface area contributed by atoms with Gasteiger partial charge in [0.05, 0.1) is 30.8 Å². The van der Waals surface area contributed by atoms with Crippen LogP contribution in [0.25, 0.3) is 0 Å². The third-order valence-electron chi connectivity index (χ3n) is 6.71. The van der Waals surface area contributed by atoms with Crippen molar-refractivity contribution in [2.45, 2.75) is 6.42 Å². The minimum absolute atomic E-state index is 0.0388. The highest BCUT2D eigenvalue weighted by molar-refractivity contribution is 7.13. The fourth-order valence-corrected chi connectivity index (χ4v) is 5.14. The van der Waals surface area contributed by atoms with Crippen molar-refractivity contribution in [1.82, 2.24) is 14.8 Å². The van der Waals surface area contributed by atoms with Gasteiger partial charge in [0.25, 0.3) is 11.6 Å². The number of carbonyl (C=O) groups excluding carboxylic acids is 3. The second-order valence-electron chi connectivity index (χ2n) is 9.46. The van der Waals surface area contributed by atoms with Crippen molar-refractivity contribution >= 4 is 45.6 Å². The molecule has 3 aromatic rings. The summed E-state index contributed by atoms with van der Waals surface area (Å²) in [7, 11) is 3.06. The van der Waals surface area contributed by atoms with Gasteiger partial charge in [-0.25, -0.2) is 4.98 Å². The van der Waals surface area contributed by atoms with Gasteiger partial charge >= 0.3 is 0 Å². The summed E-state index contributed by atoms with van der Waals surface area (Å²) in [6.07, 6.45) is 0.0970. The molecule has 1 aliphatic rings. The maximum atomic E-state index is 13.0. The predicted molar refractivity (Wildman–Crippen MR) is 157 cm³/mol. The summed E-state index contributed by atoms with van der Waals surface area (Å²) < 4.78 is 10.2. The standard InChI is InChI=1S/C28H32N6O7S/c1-40-16-15-33(27(37)20-3-9-24(41-2)10-4-20)18-25(35)30-28-29-21(19-42-28)17-26(36)32-13-11-31(12-14-32)22-5-7-23(8-6-22)34(38)39/h3-10,19H,11-18H2,1-2H3,(H,29,30,35). The van der Waals surface area contributed by atoms with E-state index in [2.05, 4.69) is 15.2 Å². The summed E-state index contributed by atoms with van der Waals surface area (Å²) in [4.78, 5) is 58.8. The van der Waals surface area contributed by atoms with Gasteiger partial charge in [-0.1, -0.05) is 0 Å². The Kier molecular flexibility index (Phi) is 10.4. The van der Waals surface area contributed by atoms with E-state index in [0.29, 0.717) is 48.3 Å². The van der Waals surface area contributed by atoms with Crippen LogP contribution in [0, 0.1) is 10.1 Å². The van der Waals surface area contributed by atoms with E-state index in [1.54, 1.807) is 53.8 Å². The quantitative estimate of drug-likeness (QED) is 0.246. The molecule has 222 valence electrons. The molecular formula is C28H32N6O7S. The maximum Gasteiger partial charge on any atom is 0.269 e. The topological polar surface area (TPSA) is 147 Å². The molecule has 1 aromatic heterocycles. The number of methoxy groups -OCH3 is 2. The first-order chi connectivity index (χ1) is 20.3. The van der Waals surface area contributed by atoms with Crippen LogP contribution in [0.2, 0.25) is 0 Å². The monoisotopic (exact) mass is 596 g/mol. The van der Waals surface area contributed by atoms with Crippen molar-refractivity contribution < 1.29 is 28.8 Å². The first-order valence-electron chi connectivity index (χ1n) is 13.2. The Morgan fingerprint density at radius 2 is 1.74 bits per heavy atom. The number of anilines is 2. The number of nitro groups is 1. The van der Waals surface area contributed by atoms with Gasteiger partial charge in [0, 0.05) is 68.6 Å². The first-order valence-corrected chi connectivity index (χ1v) is 14.1. The molecule has 1 fully saturated rings. The second-order valence-corrected chi connectivity index (χ2v) is 10.3. The van der Waals surface area contributed by atoms with Crippen molar-refractivity contribution in [3.63, 3.8) is 0 Å². The molecule has 1 N–H and O–H groups in total. The molecule has 0 bridgehead atoms. The molecule has 2 heterocycles. The molecule has 13 nitrogen and oxygen atoms in total. The van der Waals surface area contributed by atoms with E-state index >= 15 is 0 Å². The Hall–Kier alpha value is -4.56. The third kappa shape index (κ3) is 8.01. The molecule has 0 radical (unpaired) electrons. The van der Waals surface area contributed by atoms with Crippen molar-refractivity contribution in [3.05, 3.63) is 75.3 Å². The zero-order valence-electron chi connectivity index (χ0n) is 23.4. The number of aromatic nitrogens is 1. The molecular weight excluding hydrogens is 564 g/mol. The number of benzene rings is 2. The van der Waals surface area contributed by atoms with E-state index in [0.717, 1.165) is 5.69 Å². The molecule has 0 spiro atoms. The Bertz CT molecular complexity index is 1390. The van der Waals surface area contributed by atoms with Crippen LogP contribution in [-0.2, 0) is 20.7 Å². The molecule has 3 amide bonds. The summed E-state index contributed by atoms with van der Waals surface area (Å²) >= 11 is 1.21. The fourth-order valence-electron chi connectivity index (χ4n) is 4.41. The molecule has 42 heavy (non-hydrogen) atoms. The van der Waals surface area contributed by atoms with Crippen LogP contribution >= 0.6 is 11.3 Å². The largest absolute Gasteiger partial charge is 0.497 e. The smallest absolute Gasteiger partial charge is 0.269 e. The van der Waals surface area contributed by atoms with Crippen molar-refractivity contribution in [1.29, 1.82) is 0 Å². The second kappa shape index (κ2) is 14.4. The lowest BCUT2D eigenvalue weighted by atomic mass is 10.2. The van der Waals surface area contributed by atoms with Crippen LogP contribution in [0.4, 0.5) is 16.5 Å². The molecule has 1 saturated heterocycles. The number of ether oxygens (including phenoxy) is 2. The Morgan fingerprint density at radius 1 is 1.05 bits per heavy atom. The summed E-state index contributed by atoms with van der Waals surface area (Å²) in [6.45, 7) is 2.55. The van der Waals surface area contributed by atoms with E-state index in [-0.39, 0.29) is 43.6 Å². The van der Waals surface area contributed by atoms with Gasteiger partial charge in [-0.2, -0.15) is 0 Å². The van der Waals surface area contributed by atoms with E-state index < -0.39 is 10.8 Å². The molecule has 14 heteroatoms. The molecule has 0 atom stereocenters. The lowest BCUT2D eigenvalue weighted by Gasteiger charge is -2.36. The molecule has 2 aromatic carbocycles. The van der Waals surface area contributed by atoms with Gasteiger partial charge in [0.15, 0.2) is 5.13 Å². The van der Waals surface area contributed by atoms with Crippen molar-refractivity contribution in [3.8, 4) is 5.75 Å². The summed E-state index contributed by atoms with van der Waals surface area (Å²) in [5, 5.41) is 15.7. The van der Waals surface area contributed by atoms with Gasteiger partial charge in [0.1, 0.15) is 12.3 Å². The lowest BCUT2D eigenvalue weighted by molar-refractivity contribution is -0.384. The number of rotatable bonds is 12. The van der Waals surface area contributed by atoms with E-state index in [1.807, 2.05) is 0 Å². The van der Waals surface area contributed by atoms with Crippen LogP contribution in [0.1, 0.15) is 16.1 Å². The lowest BCUT2D eigenvalue weighted by Crippen LogP contribution is -2.49. The van der Waals surface area contributed by atoms with Gasteiger partial charge in [-0.3, -0.25) is 24.5 Å². The zero-order chi connectivity index (χ0) is 30.1. The van der Waals surface area contributed by atoms with Crippen molar-refractivity contribution in [2.24, 2.45) is 0 Å². The van der Waals surface area contributed by atoms with Crippen LogP contribution in [0.5, 0.6) is 5.75 Å². The number of thiazole rings is 1. The molecule has 0 saturated carbocycles. The number of hydrogen-bond acceptors (Lipinski definition) is 10. The SMILES string of the molecule is COCCN(CC(=O)Nc1nc(CC(=O)N2CCN(c3ccc([N+](=O)[O-])cc3)CC2)cs1)C(=O)c1ccc(OC)cc1. The summed E-state index contributed by atoms with van der Waals surface area (Å²) in [5.41, 5.74) is 1.88. The summed E-state index contributed by atoms with van der Waals surface area (Å²) in [6, 6.07) is 13.0. The summed E-state index contributed by atoms with van der Waals surface area (Å²) in [5.74, 6) is -0.181. The van der Waals surface area contributed by atoms with Crippen LogP contribution < -0.4 is 15.0 Å². The predicted octanol–water partition coefficient (Wildman–Crippen LogP) is 2.68. The normalized spacial score (nSPS) is 13.0. The molecule has 4 rings (SSSR count). The highest BCUT2D eigenvalue weighted by Gasteiger charge is 2.23. The number of nitro benzene ring substituents is 1. The maximum absolute atomic E-state index is 13.0. The average Bonchev–Trinajstić information content (AvgIpc) is 3.45. The van der Waals surface area contributed by atoms with Gasteiger partial charge in [0.2, 0.25) is 11.8 Å². The third-order valence-corrected chi connectivity index (χ3v) is 7.52. The fraction of sp³-hybridized carbons (Fsp3) is 0.357. The van der Waals surface area contributed by atoms with E-state index in [4.69, 9.17) is 9.47 Å². The highest BCUT2D eigenvalue weighted by atomic mass is 32.1. The number of carbonyl (C=O) groups is 3. The van der Waals surface area contributed by atoms with Gasteiger partial charge in [-0.05, 0) is 36.4 Å². The van der Waals surface area contributed by atoms with Crippen molar-refractivity contribution in [2.75, 3.05) is 70.3 Å². The Morgan fingerprint density at radius 3 is 2.36 bits per heavy atom. The molecule has 0 aliphatic carbocycles. The number of piperazine rings is 1. The van der Waals surface area contributed by atoms with Crippen LogP contribution in [0.3, 0.4) is 0 Å². The number of hydrogen-bond donors (Lipinski definition) is 1. The van der Waals surface area contributed by atoms with E-state index in [9.17, 15) is 24.5 Å². The highest BCUT2D eigenvalue weighted by Crippen LogP contribution is 2.22. The number of nitrogens with zero attached hydrogens (tertiary/aromatic N) is 5. The first kappa shape index (κ1) is 30.4. The molecule has 1 aliphatic heterocycles. The average molecular weight is 597 g/mol. The van der Waals surface area contributed by atoms with Crippen LogP contribution in [0.15, 0.2) is 53.9 Å². The Balaban J connectivity index is 1.27. The minimum Gasteiger partial charge on any atom is -0.497 e. The zero-order valence-corrected chi connectivity index (χ0v) is 24.2. The molecule has 0 unspecified atom stereocenters.